The van der Waals surface area contributed by atoms with Gasteiger partial charge < -0.3 is 9.47 Å². The van der Waals surface area contributed by atoms with Crippen molar-refractivity contribution in [3.8, 4) is 0 Å². The van der Waals surface area contributed by atoms with E-state index < -0.39 is 0 Å². The average molecular weight is 465 g/mol. The lowest BCUT2D eigenvalue weighted by Gasteiger charge is -2.04. The van der Waals surface area contributed by atoms with Gasteiger partial charge in [-0.3, -0.25) is 9.59 Å². The molecule has 2 rings (SSSR count). The molecule has 34 heavy (non-hydrogen) atoms. The number of rotatable bonds is 12. The largest absolute Gasteiger partial charge is 0.462 e. The van der Waals surface area contributed by atoms with Crippen LogP contribution in [0.25, 0.3) is 12.2 Å². The fourth-order valence-corrected chi connectivity index (χ4v) is 3.22. The number of hydrogen-bond donors (Lipinski definition) is 0. The third-order valence-corrected chi connectivity index (χ3v) is 5.00. The molecule has 0 saturated carbocycles. The lowest BCUT2D eigenvalue weighted by molar-refractivity contribution is -0.140. The first kappa shape index (κ1) is 28.9. The highest BCUT2D eigenvalue weighted by Gasteiger charge is 1.98. The van der Waals surface area contributed by atoms with Crippen LogP contribution in [0.2, 0.25) is 0 Å². The highest BCUT2D eigenvalue weighted by atomic mass is 16.5. The van der Waals surface area contributed by atoms with E-state index >= 15 is 0 Å². The maximum absolute atomic E-state index is 10.6. The first-order chi connectivity index (χ1) is 16.5. The molecule has 0 fully saturated rings. The fraction of sp³-hybridized carbons (Fsp3) is 0.400. The van der Waals surface area contributed by atoms with E-state index in [4.69, 9.17) is 9.47 Å². The summed E-state index contributed by atoms with van der Waals surface area (Å²) in [6.07, 6.45) is 14.8. The van der Waals surface area contributed by atoms with Crippen molar-refractivity contribution in [2.75, 3.05) is 13.2 Å². The Morgan fingerprint density at radius 2 is 1.38 bits per heavy atom. The van der Waals surface area contributed by atoms with Crippen molar-refractivity contribution in [1.82, 2.24) is 0 Å². The second kappa shape index (κ2) is 18.3. The highest BCUT2D eigenvalue weighted by Crippen LogP contribution is 2.14. The van der Waals surface area contributed by atoms with Crippen LogP contribution in [0.15, 0.2) is 60.7 Å². The summed E-state index contributed by atoms with van der Waals surface area (Å²) >= 11 is 0. The van der Waals surface area contributed by atoms with Gasteiger partial charge in [-0.1, -0.05) is 87.4 Å². The summed E-state index contributed by atoms with van der Waals surface area (Å²) in [5.74, 6) is -0.486. The van der Waals surface area contributed by atoms with Crippen molar-refractivity contribution in [3.05, 3.63) is 82.9 Å². The van der Waals surface area contributed by atoms with Gasteiger partial charge in [-0.2, -0.15) is 0 Å². The number of unbranched alkanes of at least 4 members (excludes halogenated alkanes) is 2. The third-order valence-electron chi connectivity index (χ3n) is 5.00. The van der Waals surface area contributed by atoms with Crippen LogP contribution < -0.4 is 0 Å². The summed E-state index contributed by atoms with van der Waals surface area (Å²) in [7, 11) is 0. The summed E-state index contributed by atoms with van der Waals surface area (Å²) < 4.78 is 9.69. The van der Waals surface area contributed by atoms with E-state index in [0.717, 1.165) is 18.4 Å². The van der Waals surface area contributed by atoms with E-state index in [-0.39, 0.29) is 11.9 Å². The van der Waals surface area contributed by atoms with E-state index in [2.05, 4.69) is 56.3 Å². The van der Waals surface area contributed by atoms with Gasteiger partial charge in [0.1, 0.15) is 13.2 Å². The fourth-order valence-electron chi connectivity index (χ4n) is 3.22. The molecule has 0 aromatic heterocycles. The van der Waals surface area contributed by atoms with Crippen molar-refractivity contribution in [2.24, 2.45) is 0 Å². The minimum atomic E-state index is -0.244. The molecule has 0 radical (unpaired) electrons. The first-order valence-electron chi connectivity index (χ1n) is 12.2. The predicted molar refractivity (Wildman–Crippen MR) is 141 cm³/mol. The van der Waals surface area contributed by atoms with Gasteiger partial charge in [0.15, 0.2) is 0 Å². The smallest absolute Gasteiger partial charge is 0.302 e. The third kappa shape index (κ3) is 14.1. The number of carbonyl (C=O) groups excluding carboxylic acids is 2. The van der Waals surface area contributed by atoms with Gasteiger partial charge in [-0.15, -0.1) is 0 Å². The molecule has 0 amide bonds. The number of esters is 2. The van der Waals surface area contributed by atoms with Crippen LogP contribution in [0.1, 0.15) is 75.6 Å². The number of carbonyl (C=O) groups is 2. The minimum Gasteiger partial charge on any atom is -0.462 e. The zero-order valence-electron chi connectivity index (χ0n) is 21.2. The van der Waals surface area contributed by atoms with Crippen LogP contribution in [0, 0.1) is 0 Å². The molecular formula is C30H40O4. The van der Waals surface area contributed by atoms with Crippen LogP contribution in [0.3, 0.4) is 0 Å². The number of aryl methyl sites for hydroxylation is 2. The Morgan fingerprint density at radius 1 is 0.765 bits per heavy atom. The molecule has 2 aromatic carbocycles. The second-order valence-corrected chi connectivity index (χ2v) is 8.06. The van der Waals surface area contributed by atoms with E-state index in [1.54, 1.807) is 0 Å². The van der Waals surface area contributed by atoms with Gasteiger partial charge in [0, 0.05) is 13.8 Å². The Morgan fingerprint density at radius 3 is 2.03 bits per heavy atom. The summed E-state index contributed by atoms with van der Waals surface area (Å²) in [5.41, 5.74) is 5.09. The van der Waals surface area contributed by atoms with E-state index in [1.807, 2.05) is 30.4 Å². The molecule has 0 N–H and O–H groups in total. The van der Waals surface area contributed by atoms with Crippen molar-refractivity contribution in [3.63, 3.8) is 0 Å². The topological polar surface area (TPSA) is 52.6 Å². The van der Waals surface area contributed by atoms with Crippen LogP contribution in [-0.4, -0.2) is 25.2 Å². The van der Waals surface area contributed by atoms with Gasteiger partial charge in [0.05, 0.1) is 0 Å². The summed E-state index contributed by atoms with van der Waals surface area (Å²) in [6, 6.07) is 16.8. The van der Waals surface area contributed by atoms with Crippen molar-refractivity contribution >= 4 is 24.1 Å². The Bertz CT molecular complexity index is 912. The Balaban J connectivity index is 0.000000340. The molecule has 0 heterocycles. The quantitative estimate of drug-likeness (QED) is 0.311. The summed E-state index contributed by atoms with van der Waals surface area (Å²) in [4.78, 5) is 21.2. The molecule has 0 spiro atoms. The highest BCUT2D eigenvalue weighted by molar-refractivity contribution is 5.66. The maximum Gasteiger partial charge on any atom is 0.302 e. The number of benzene rings is 2. The molecule has 0 bridgehead atoms. The van der Waals surface area contributed by atoms with Crippen LogP contribution in [0.4, 0.5) is 0 Å². The van der Waals surface area contributed by atoms with E-state index in [9.17, 15) is 9.59 Å². The van der Waals surface area contributed by atoms with E-state index in [1.165, 1.54) is 56.2 Å². The second-order valence-electron chi connectivity index (χ2n) is 8.06. The molecule has 0 atom stereocenters. The SMILES string of the molecule is CCCCc1cccc(C=CCOC(C)=O)c1.CCCCc1ccccc1C=CCOC(C)=O. The summed E-state index contributed by atoms with van der Waals surface area (Å²) in [6.45, 7) is 7.91. The lowest BCUT2D eigenvalue weighted by Crippen LogP contribution is -1.97. The molecule has 0 unspecified atom stereocenters. The lowest BCUT2D eigenvalue weighted by atomic mass is 10.0. The molecule has 0 aliphatic carbocycles. The standard InChI is InChI=1S/2C15H20O2/c1-3-4-7-14-8-5-9-15(12-14)10-6-11-17-13(2)16;1-3-4-8-14-9-5-6-10-15(14)11-7-12-17-13(2)16/h5-6,8-10,12H,3-4,7,11H2,1-2H3;5-7,9-11H,3-4,8,12H2,1-2H3. The van der Waals surface area contributed by atoms with Crippen LogP contribution in [0.5, 0.6) is 0 Å². The van der Waals surface area contributed by atoms with Crippen molar-refractivity contribution in [2.45, 2.75) is 66.2 Å². The first-order valence-corrected chi connectivity index (χ1v) is 12.2. The van der Waals surface area contributed by atoms with Gasteiger partial charge in [-0.25, -0.2) is 0 Å². The zero-order chi connectivity index (χ0) is 25.0. The minimum absolute atomic E-state index is 0.242. The number of ether oxygens (including phenoxy) is 2. The van der Waals surface area contributed by atoms with Gasteiger partial charge in [0.25, 0.3) is 0 Å². The van der Waals surface area contributed by atoms with Gasteiger partial charge in [0.2, 0.25) is 0 Å². The maximum atomic E-state index is 10.6. The zero-order valence-corrected chi connectivity index (χ0v) is 21.2. The normalized spacial score (nSPS) is 10.7. The molecule has 4 heteroatoms. The number of hydrogen-bond acceptors (Lipinski definition) is 4. The van der Waals surface area contributed by atoms with Gasteiger partial charge in [-0.05, 0) is 60.1 Å². The van der Waals surface area contributed by atoms with Crippen molar-refractivity contribution < 1.29 is 19.1 Å². The molecule has 2 aromatic rings. The van der Waals surface area contributed by atoms with Crippen LogP contribution in [-0.2, 0) is 31.9 Å². The molecular weight excluding hydrogens is 424 g/mol. The molecule has 0 saturated heterocycles. The molecule has 4 nitrogen and oxygen atoms in total. The Kier molecular flexibility index (Phi) is 15.6. The molecule has 0 aliphatic rings. The monoisotopic (exact) mass is 464 g/mol. The molecule has 184 valence electrons. The summed E-state index contributed by atoms with van der Waals surface area (Å²) in [5, 5.41) is 0. The average Bonchev–Trinajstić information content (AvgIpc) is 2.83. The van der Waals surface area contributed by atoms with Crippen LogP contribution >= 0.6 is 0 Å². The van der Waals surface area contributed by atoms with Gasteiger partial charge >= 0.3 is 11.9 Å². The predicted octanol–water partition coefficient (Wildman–Crippen LogP) is 7.21. The molecule has 0 aliphatic heterocycles. The van der Waals surface area contributed by atoms with Crippen molar-refractivity contribution in [1.29, 1.82) is 0 Å². The van der Waals surface area contributed by atoms with E-state index in [0.29, 0.717) is 13.2 Å². The Labute approximate surface area is 205 Å². The Hall–Kier alpha value is -3.14.